The summed E-state index contributed by atoms with van der Waals surface area (Å²) < 4.78 is 40.4. The minimum atomic E-state index is -0.780. The fraction of sp³-hybridized carbons (Fsp3) is 0.125. The number of rotatable bonds is 4. The van der Waals surface area contributed by atoms with E-state index in [1.807, 2.05) is 30.5 Å². The highest BCUT2D eigenvalue weighted by molar-refractivity contribution is 7.07. The van der Waals surface area contributed by atoms with E-state index < -0.39 is 11.6 Å². The van der Waals surface area contributed by atoms with Gasteiger partial charge in [0.2, 0.25) is 4.80 Å². The van der Waals surface area contributed by atoms with Gasteiger partial charge in [0.25, 0.3) is 5.91 Å². The van der Waals surface area contributed by atoms with Gasteiger partial charge < -0.3 is 14.5 Å². The summed E-state index contributed by atoms with van der Waals surface area (Å²) in [6, 6.07) is 12.2. The minimum absolute atomic E-state index is 0.0173. The molecule has 0 aliphatic carbocycles. The Morgan fingerprint density at radius 1 is 1.15 bits per heavy atom. The summed E-state index contributed by atoms with van der Waals surface area (Å²) in [5.74, 6) is 0.173. The van der Waals surface area contributed by atoms with Gasteiger partial charge in [-0.2, -0.15) is 5.10 Å². The molecule has 10 heteroatoms. The van der Waals surface area contributed by atoms with Crippen LogP contribution in [-0.2, 0) is 4.79 Å². The molecule has 3 heterocycles. The number of nitrogens with zero attached hydrogens (tertiary/aromatic N) is 3. The van der Waals surface area contributed by atoms with Gasteiger partial charge in [-0.25, -0.2) is 18.4 Å². The van der Waals surface area contributed by atoms with Crippen molar-refractivity contribution in [1.82, 2.24) is 4.68 Å². The molecule has 0 bridgehead atoms. The number of carbonyl (C=O) groups is 1. The Kier molecular flexibility index (Phi) is 5.58. The molecule has 5 rings (SSSR count). The predicted octanol–water partition coefficient (Wildman–Crippen LogP) is 5.23. The number of hydrogen-bond acceptors (Lipinski definition) is 6. The molecule has 1 amide bonds. The molecule has 34 heavy (non-hydrogen) atoms. The van der Waals surface area contributed by atoms with E-state index >= 15 is 0 Å². The van der Waals surface area contributed by atoms with E-state index in [4.69, 9.17) is 14.3 Å². The Labute approximate surface area is 196 Å². The number of halogens is 2. The van der Waals surface area contributed by atoms with Gasteiger partial charge in [-0.1, -0.05) is 0 Å². The average molecular weight is 480 g/mol. The number of amides is 1. The number of thiazole rings is 1. The fourth-order valence-electron chi connectivity index (χ4n) is 3.42. The molecular weight excluding hydrogens is 462 g/mol. The average Bonchev–Trinajstić information content (AvgIpc) is 3.41. The normalized spacial score (nSPS) is 14.1. The maximum absolute atomic E-state index is 14.3. The monoisotopic (exact) mass is 480 g/mol. The van der Waals surface area contributed by atoms with Crippen LogP contribution in [0.1, 0.15) is 18.4 Å². The molecule has 7 nitrogen and oxygen atoms in total. The smallest absolute Gasteiger partial charge is 0.262 e. The minimum Gasteiger partial charge on any atom is -0.482 e. The van der Waals surface area contributed by atoms with Gasteiger partial charge >= 0.3 is 0 Å². The number of nitrogens with one attached hydrogen (secondary N) is 1. The van der Waals surface area contributed by atoms with Crippen LogP contribution in [0.3, 0.4) is 0 Å². The van der Waals surface area contributed by atoms with Crippen LogP contribution in [0.2, 0.25) is 0 Å². The fourth-order valence-corrected chi connectivity index (χ4v) is 4.26. The van der Waals surface area contributed by atoms with Crippen LogP contribution < -0.4 is 14.9 Å². The van der Waals surface area contributed by atoms with Crippen LogP contribution in [0.15, 0.2) is 68.4 Å². The van der Waals surface area contributed by atoms with Gasteiger partial charge in [-0.3, -0.25) is 4.79 Å². The van der Waals surface area contributed by atoms with Gasteiger partial charge in [-0.05, 0) is 56.3 Å². The third-order valence-corrected chi connectivity index (χ3v) is 5.88. The SMILES string of the molecule is CC(=Nn1c(-c2ccc3c(c2)NC(=O)CO3)csc1=Nc1ccc(F)cc1F)c1ccc(C)o1. The Morgan fingerprint density at radius 2 is 2.00 bits per heavy atom. The first-order valence-corrected chi connectivity index (χ1v) is 11.1. The summed E-state index contributed by atoms with van der Waals surface area (Å²) in [4.78, 5) is 16.5. The molecule has 172 valence electrons. The molecule has 0 spiro atoms. The van der Waals surface area contributed by atoms with E-state index in [0.717, 1.165) is 23.5 Å². The van der Waals surface area contributed by atoms with Crippen LogP contribution in [-0.4, -0.2) is 22.9 Å². The first kappa shape index (κ1) is 21.8. The number of aryl methyl sites for hydroxylation is 1. The molecule has 0 saturated carbocycles. The standard InChI is InChI=1S/C24H18F2N4O3S/c1-13-3-7-21(33-13)14(2)29-30-20(15-4-8-22-19(9-15)27-23(31)11-32-22)12-34-24(30)28-18-6-5-16(25)10-17(18)26/h3-10,12H,11H2,1-2H3,(H,27,31). The third-order valence-electron chi connectivity index (χ3n) is 5.07. The molecule has 0 fully saturated rings. The summed E-state index contributed by atoms with van der Waals surface area (Å²) in [5.41, 5.74) is 2.47. The van der Waals surface area contributed by atoms with Crippen molar-refractivity contribution in [2.24, 2.45) is 10.1 Å². The van der Waals surface area contributed by atoms with Crippen molar-refractivity contribution in [3.05, 3.63) is 81.9 Å². The molecule has 2 aromatic heterocycles. The lowest BCUT2D eigenvalue weighted by Gasteiger charge is -2.18. The van der Waals surface area contributed by atoms with Crippen molar-refractivity contribution < 1.29 is 22.7 Å². The van der Waals surface area contributed by atoms with Crippen molar-refractivity contribution in [2.75, 3.05) is 11.9 Å². The van der Waals surface area contributed by atoms with Crippen molar-refractivity contribution in [3.63, 3.8) is 0 Å². The van der Waals surface area contributed by atoms with Gasteiger partial charge in [0.15, 0.2) is 12.4 Å². The largest absolute Gasteiger partial charge is 0.482 e. The molecule has 1 aliphatic rings. The number of benzene rings is 2. The van der Waals surface area contributed by atoms with Crippen LogP contribution in [0.25, 0.3) is 11.3 Å². The number of aromatic nitrogens is 1. The maximum atomic E-state index is 14.3. The molecule has 0 radical (unpaired) electrons. The topological polar surface area (TPSA) is 81.1 Å². The van der Waals surface area contributed by atoms with Gasteiger partial charge in [-0.15, -0.1) is 11.3 Å². The van der Waals surface area contributed by atoms with Crippen molar-refractivity contribution in [2.45, 2.75) is 13.8 Å². The quantitative estimate of drug-likeness (QED) is 0.406. The molecule has 0 saturated heterocycles. The highest BCUT2D eigenvalue weighted by Gasteiger charge is 2.18. The van der Waals surface area contributed by atoms with E-state index in [9.17, 15) is 13.6 Å². The number of fused-ring (bicyclic) bond motifs is 1. The van der Waals surface area contributed by atoms with Gasteiger partial charge in [0.05, 0.1) is 11.4 Å². The van der Waals surface area contributed by atoms with Crippen LogP contribution in [0.4, 0.5) is 20.2 Å². The first-order chi connectivity index (χ1) is 16.4. The van der Waals surface area contributed by atoms with Crippen molar-refractivity contribution in [3.8, 4) is 17.0 Å². The summed E-state index contributed by atoms with van der Waals surface area (Å²) >= 11 is 1.24. The van der Waals surface area contributed by atoms with Crippen molar-refractivity contribution >= 4 is 34.3 Å². The van der Waals surface area contributed by atoms with Crippen LogP contribution >= 0.6 is 11.3 Å². The number of carbonyl (C=O) groups excluding carboxylic acids is 1. The number of ether oxygens (including phenoxy) is 1. The third kappa shape index (κ3) is 4.27. The lowest BCUT2D eigenvalue weighted by Crippen LogP contribution is -2.25. The number of anilines is 1. The van der Waals surface area contributed by atoms with E-state index in [1.165, 1.54) is 17.4 Å². The zero-order chi connectivity index (χ0) is 23.8. The maximum Gasteiger partial charge on any atom is 0.262 e. The highest BCUT2D eigenvalue weighted by Crippen LogP contribution is 2.33. The Hall–Kier alpha value is -4.05. The van der Waals surface area contributed by atoms with E-state index in [2.05, 4.69) is 10.3 Å². The zero-order valence-corrected chi connectivity index (χ0v) is 19.0. The predicted molar refractivity (Wildman–Crippen MR) is 125 cm³/mol. The summed E-state index contributed by atoms with van der Waals surface area (Å²) in [7, 11) is 0. The van der Waals surface area contributed by atoms with Crippen LogP contribution in [0.5, 0.6) is 5.75 Å². The lowest BCUT2D eigenvalue weighted by molar-refractivity contribution is -0.118. The van der Waals surface area contributed by atoms with Crippen molar-refractivity contribution in [1.29, 1.82) is 0 Å². The zero-order valence-electron chi connectivity index (χ0n) is 18.1. The van der Waals surface area contributed by atoms with Gasteiger partial charge in [0, 0.05) is 17.0 Å². The summed E-state index contributed by atoms with van der Waals surface area (Å²) in [5, 5.41) is 9.30. The van der Waals surface area contributed by atoms with Gasteiger partial charge in [0.1, 0.15) is 34.5 Å². The number of furan rings is 1. The Balaban J connectivity index is 1.68. The summed E-state index contributed by atoms with van der Waals surface area (Å²) in [6.07, 6.45) is 0. The molecule has 1 N–H and O–H groups in total. The molecule has 1 aliphatic heterocycles. The molecule has 0 atom stereocenters. The van der Waals surface area contributed by atoms with E-state index in [1.54, 1.807) is 23.7 Å². The van der Waals surface area contributed by atoms with Crippen LogP contribution in [0, 0.1) is 18.6 Å². The lowest BCUT2D eigenvalue weighted by atomic mass is 10.1. The highest BCUT2D eigenvalue weighted by atomic mass is 32.1. The van der Waals surface area contributed by atoms with E-state index in [0.29, 0.717) is 33.4 Å². The van der Waals surface area contributed by atoms with E-state index in [-0.39, 0.29) is 18.2 Å². The molecular formula is C24H18F2N4O3S. The molecule has 4 aromatic rings. The first-order valence-electron chi connectivity index (χ1n) is 10.3. The second kappa shape index (κ2) is 8.71. The Morgan fingerprint density at radius 3 is 2.76 bits per heavy atom. The molecule has 0 unspecified atom stereocenters. The second-order valence-electron chi connectivity index (χ2n) is 7.57. The molecule has 2 aromatic carbocycles. The summed E-state index contributed by atoms with van der Waals surface area (Å²) in [6.45, 7) is 3.58. The number of hydrogen-bond donors (Lipinski definition) is 1. The second-order valence-corrected chi connectivity index (χ2v) is 8.40. The Bertz CT molecular complexity index is 1520.